The number of H-pyrrole nitrogens is 1. The van der Waals surface area contributed by atoms with E-state index < -0.39 is 5.60 Å². The number of aromatic nitrogens is 2. The lowest BCUT2D eigenvalue weighted by Crippen LogP contribution is -2.45. The molecule has 116 valence electrons. The molecule has 2 aromatic rings. The van der Waals surface area contributed by atoms with Crippen molar-refractivity contribution in [3.05, 3.63) is 42.1 Å². The summed E-state index contributed by atoms with van der Waals surface area (Å²) in [5.74, 6) is 1.67. The van der Waals surface area contributed by atoms with Crippen LogP contribution in [0.15, 0.2) is 36.5 Å². The smallest absolute Gasteiger partial charge is 0.255 e. The van der Waals surface area contributed by atoms with Crippen LogP contribution in [0.3, 0.4) is 0 Å². The first-order valence-corrected chi connectivity index (χ1v) is 8.51. The molecule has 3 rings (SSSR count). The number of aliphatic hydroxyl groups is 1. The summed E-state index contributed by atoms with van der Waals surface area (Å²) < 4.78 is 0. The predicted octanol–water partition coefficient (Wildman–Crippen LogP) is 2.06. The lowest BCUT2D eigenvalue weighted by atomic mass is 9.96. The van der Waals surface area contributed by atoms with E-state index in [1.807, 2.05) is 42.1 Å². The molecule has 1 saturated heterocycles. The van der Waals surface area contributed by atoms with Crippen molar-refractivity contribution in [1.82, 2.24) is 15.5 Å². The maximum Gasteiger partial charge on any atom is 0.255 e. The monoisotopic (exact) mass is 317 g/mol. The second-order valence-corrected chi connectivity index (χ2v) is 6.77. The summed E-state index contributed by atoms with van der Waals surface area (Å²) in [5.41, 5.74) is 1.33. The van der Waals surface area contributed by atoms with Crippen molar-refractivity contribution in [2.75, 3.05) is 18.1 Å². The van der Waals surface area contributed by atoms with E-state index in [1.54, 1.807) is 0 Å². The number of hydrogen-bond donors (Lipinski definition) is 3. The lowest BCUT2D eigenvalue weighted by Gasteiger charge is -2.31. The Labute approximate surface area is 133 Å². The van der Waals surface area contributed by atoms with Gasteiger partial charge in [0.15, 0.2) is 0 Å². The molecule has 5 nitrogen and oxygen atoms in total. The van der Waals surface area contributed by atoms with Crippen LogP contribution in [-0.2, 0) is 0 Å². The molecule has 0 saturated carbocycles. The number of hydrogen-bond acceptors (Lipinski definition) is 4. The highest BCUT2D eigenvalue weighted by Crippen LogP contribution is 2.26. The summed E-state index contributed by atoms with van der Waals surface area (Å²) in [6, 6.07) is 9.61. The van der Waals surface area contributed by atoms with Gasteiger partial charge in [-0.25, -0.2) is 0 Å². The Kier molecular flexibility index (Phi) is 4.49. The zero-order valence-corrected chi connectivity index (χ0v) is 13.0. The van der Waals surface area contributed by atoms with Gasteiger partial charge in [-0.15, -0.1) is 0 Å². The van der Waals surface area contributed by atoms with E-state index in [4.69, 9.17) is 0 Å². The molecule has 6 heteroatoms. The Balaban J connectivity index is 1.70. The molecular weight excluding hydrogens is 298 g/mol. The molecule has 0 atom stereocenters. The van der Waals surface area contributed by atoms with Gasteiger partial charge in [-0.3, -0.25) is 9.89 Å². The average molecular weight is 317 g/mol. The summed E-state index contributed by atoms with van der Waals surface area (Å²) >= 11 is 1.84. The topological polar surface area (TPSA) is 78.0 Å². The third-order valence-corrected chi connectivity index (χ3v) is 4.93. The maximum absolute atomic E-state index is 12.4. The van der Waals surface area contributed by atoms with Crippen LogP contribution in [0.1, 0.15) is 23.2 Å². The summed E-state index contributed by atoms with van der Waals surface area (Å²) in [7, 11) is 0. The van der Waals surface area contributed by atoms with Gasteiger partial charge in [-0.1, -0.05) is 30.3 Å². The van der Waals surface area contributed by atoms with Gasteiger partial charge in [-0.05, 0) is 24.3 Å². The van der Waals surface area contributed by atoms with E-state index in [0.29, 0.717) is 11.3 Å². The summed E-state index contributed by atoms with van der Waals surface area (Å²) in [6.45, 7) is 0.284. The quantitative estimate of drug-likeness (QED) is 0.806. The highest BCUT2D eigenvalue weighted by atomic mass is 32.2. The molecule has 0 radical (unpaired) electrons. The highest BCUT2D eigenvalue weighted by Gasteiger charge is 2.30. The van der Waals surface area contributed by atoms with E-state index in [1.165, 1.54) is 6.20 Å². The number of carbonyl (C=O) groups excluding carboxylic acids is 1. The minimum atomic E-state index is -0.780. The second kappa shape index (κ2) is 6.54. The van der Waals surface area contributed by atoms with Crippen molar-refractivity contribution in [3.8, 4) is 11.3 Å². The zero-order chi connectivity index (χ0) is 15.4. The molecule has 0 unspecified atom stereocenters. The fourth-order valence-electron chi connectivity index (χ4n) is 2.55. The van der Waals surface area contributed by atoms with Gasteiger partial charge in [0.2, 0.25) is 0 Å². The van der Waals surface area contributed by atoms with Crippen molar-refractivity contribution < 1.29 is 9.90 Å². The Morgan fingerprint density at radius 2 is 2.05 bits per heavy atom. The summed E-state index contributed by atoms with van der Waals surface area (Å²) in [4.78, 5) is 12.4. The van der Waals surface area contributed by atoms with Crippen molar-refractivity contribution in [2.45, 2.75) is 18.4 Å². The molecule has 0 bridgehead atoms. The number of carbonyl (C=O) groups is 1. The molecule has 3 N–H and O–H groups in total. The molecule has 0 spiro atoms. The minimum absolute atomic E-state index is 0.209. The van der Waals surface area contributed by atoms with E-state index in [2.05, 4.69) is 15.5 Å². The second-order valence-electron chi connectivity index (χ2n) is 5.54. The third kappa shape index (κ3) is 3.34. The summed E-state index contributed by atoms with van der Waals surface area (Å²) in [6.07, 6.45) is 2.96. The molecule has 1 amide bonds. The van der Waals surface area contributed by atoms with Gasteiger partial charge in [0.05, 0.1) is 23.1 Å². The Bertz CT molecular complexity index is 636. The SMILES string of the molecule is O=C(NCC1(O)CCSCC1)c1cn[nH]c1-c1ccccc1. The largest absolute Gasteiger partial charge is 0.388 e. The van der Waals surface area contributed by atoms with Gasteiger partial charge in [0.25, 0.3) is 5.91 Å². The van der Waals surface area contributed by atoms with E-state index in [0.717, 1.165) is 29.9 Å². The first-order chi connectivity index (χ1) is 10.7. The Morgan fingerprint density at radius 3 is 2.77 bits per heavy atom. The van der Waals surface area contributed by atoms with Gasteiger partial charge >= 0.3 is 0 Å². The maximum atomic E-state index is 12.4. The normalized spacial score (nSPS) is 17.1. The fourth-order valence-corrected chi connectivity index (χ4v) is 3.80. The number of rotatable bonds is 4. The fraction of sp³-hybridized carbons (Fsp3) is 0.375. The van der Waals surface area contributed by atoms with Crippen molar-refractivity contribution in [1.29, 1.82) is 0 Å². The van der Waals surface area contributed by atoms with Gasteiger partial charge in [0.1, 0.15) is 0 Å². The van der Waals surface area contributed by atoms with E-state index >= 15 is 0 Å². The van der Waals surface area contributed by atoms with E-state index in [-0.39, 0.29) is 12.5 Å². The molecule has 2 heterocycles. The molecule has 0 aliphatic carbocycles. The van der Waals surface area contributed by atoms with Crippen molar-refractivity contribution >= 4 is 17.7 Å². The van der Waals surface area contributed by atoms with Crippen LogP contribution in [0, 0.1) is 0 Å². The molecule has 1 aromatic carbocycles. The summed E-state index contributed by atoms with van der Waals surface area (Å²) in [5, 5.41) is 20.2. The lowest BCUT2D eigenvalue weighted by molar-refractivity contribution is 0.0311. The number of aromatic amines is 1. The zero-order valence-electron chi connectivity index (χ0n) is 12.2. The van der Waals surface area contributed by atoms with Crippen LogP contribution >= 0.6 is 11.8 Å². The molecule has 1 aromatic heterocycles. The Hall–Kier alpha value is -1.79. The number of benzene rings is 1. The van der Waals surface area contributed by atoms with Gasteiger partial charge < -0.3 is 10.4 Å². The van der Waals surface area contributed by atoms with Crippen LogP contribution in [0.2, 0.25) is 0 Å². The van der Waals surface area contributed by atoms with Crippen LogP contribution in [-0.4, -0.2) is 44.9 Å². The van der Waals surface area contributed by atoms with Crippen LogP contribution in [0.5, 0.6) is 0 Å². The molecule has 22 heavy (non-hydrogen) atoms. The average Bonchev–Trinajstić information content (AvgIpc) is 3.04. The predicted molar refractivity (Wildman–Crippen MR) is 87.9 cm³/mol. The van der Waals surface area contributed by atoms with Gasteiger partial charge in [-0.2, -0.15) is 16.9 Å². The number of nitrogens with zero attached hydrogens (tertiary/aromatic N) is 1. The van der Waals surface area contributed by atoms with Gasteiger partial charge in [0, 0.05) is 12.1 Å². The molecular formula is C16H19N3O2S. The number of thioether (sulfide) groups is 1. The molecule has 1 fully saturated rings. The standard InChI is InChI=1S/C16H19N3O2S/c20-15(17-11-16(21)6-8-22-9-7-16)13-10-18-19-14(13)12-4-2-1-3-5-12/h1-5,10,21H,6-9,11H2,(H,17,20)(H,18,19). The number of amides is 1. The first-order valence-electron chi connectivity index (χ1n) is 7.35. The van der Waals surface area contributed by atoms with Crippen molar-refractivity contribution in [2.24, 2.45) is 0 Å². The van der Waals surface area contributed by atoms with Crippen LogP contribution in [0.25, 0.3) is 11.3 Å². The first kappa shape index (κ1) is 15.1. The van der Waals surface area contributed by atoms with E-state index in [9.17, 15) is 9.90 Å². The van der Waals surface area contributed by atoms with Crippen LogP contribution < -0.4 is 5.32 Å². The van der Waals surface area contributed by atoms with Crippen LogP contribution in [0.4, 0.5) is 0 Å². The Morgan fingerprint density at radius 1 is 1.32 bits per heavy atom. The highest BCUT2D eigenvalue weighted by molar-refractivity contribution is 7.99. The van der Waals surface area contributed by atoms with Crippen molar-refractivity contribution in [3.63, 3.8) is 0 Å². The molecule has 1 aliphatic heterocycles. The minimum Gasteiger partial charge on any atom is -0.388 e. The molecule has 1 aliphatic rings. The third-order valence-electron chi connectivity index (χ3n) is 3.95. The number of nitrogens with one attached hydrogen (secondary N) is 2.